The minimum Gasteiger partial charge on any atom is -0.385 e. The van der Waals surface area contributed by atoms with E-state index in [1.807, 2.05) is 66.7 Å². The molecule has 4 nitrogen and oxygen atoms in total. The Labute approximate surface area is 174 Å². The van der Waals surface area contributed by atoms with E-state index in [9.17, 15) is 4.57 Å². The third-order valence-electron chi connectivity index (χ3n) is 5.29. The van der Waals surface area contributed by atoms with Crippen LogP contribution in [0.4, 0.5) is 11.4 Å². The van der Waals surface area contributed by atoms with Crippen molar-refractivity contribution in [1.29, 1.82) is 0 Å². The maximum Gasteiger partial charge on any atom is 0.567 e. The predicted molar refractivity (Wildman–Crippen MR) is 121 cm³/mol. The first-order valence-electron chi connectivity index (χ1n) is 10.2. The van der Waals surface area contributed by atoms with E-state index in [2.05, 4.69) is 38.9 Å². The minimum atomic E-state index is -1.60. The van der Waals surface area contributed by atoms with Gasteiger partial charge in [0.1, 0.15) is 0 Å². The fraction of sp³-hybridized carbons (Fsp3) is 0.250. The van der Waals surface area contributed by atoms with Crippen LogP contribution in [-0.2, 0) is 11.1 Å². The second-order valence-electron chi connectivity index (χ2n) is 7.34. The van der Waals surface area contributed by atoms with Gasteiger partial charge in [0.2, 0.25) is 0 Å². The molecule has 0 aromatic heterocycles. The molecule has 0 radical (unpaired) electrons. The minimum absolute atomic E-state index is 0.275. The Morgan fingerprint density at radius 3 is 2.17 bits per heavy atom. The molecule has 3 aromatic rings. The zero-order chi connectivity index (χ0) is 19.9. The van der Waals surface area contributed by atoms with Gasteiger partial charge < -0.3 is 5.32 Å². The summed E-state index contributed by atoms with van der Waals surface area (Å²) in [6, 6.07) is 31.0. The summed E-state index contributed by atoms with van der Waals surface area (Å²) in [4.78, 5) is 0. The summed E-state index contributed by atoms with van der Waals surface area (Å²) >= 11 is 0. The lowest BCUT2D eigenvalue weighted by molar-refractivity contribution is 0.335. The topological polar surface area (TPSA) is 35.6 Å². The Bertz CT molecular complexity index is 905. The van der Waals surface area contributed by atoms with E-state index >= 15 is 0 Å². The summed E-state index contributed by atoms with van der Waals surface area (Å²) in [5, 5.41) is 3.48. The molecular weight excluding hydrogens is 377 g/mol. The molecule has 0 saturated carbocycles. The largest absolute Gasteiger partial charge is 0.567 e. The van der Waals surface area contributed by atoms with Gasteiger partial charge in [-0.2, -0.15) is 0 Å². The number of hydrogen-bond acceptors (Lipinski definition) is 2. The maximum atomic E-state index is 13.4. The molecule has 2 atom stereocenters. The second kappa shape index (κ2) is 9.69. The Morgan fingerprint density at radius 1 is 0.862 bits per heavy atom. The molecule has 3 aromatic carbocycles. The van der Waals surface area contributed by atoms with Gasteiger partial charge in [-0.05, 0) is 47.2 Å². The molecule has 1 unspecified atom stereocenters. The fourth-order valence-corrected chi connectivity index (χ4v) is 5.46. The molecule has 29 heavy (non-hydrogen) atoms. The average Bonchev–Trinajstić information content (AvgIpc) is 3.09. The van der Waals surface area contributed by atoms with Gasteiger partial charge in [0.15, 0.2) is 0 Å². The average molecular weight is 404 g/mol. The predicted octanol–water partition coefficient (Wildman–Crippen LogP) is 5.93. The van der Waals surface area contributed by atoms with Crippen LogP contribution >= 0.6 is 8.10 Å². The number of benzene rings is 3. The highest BCUT2D eigenvalue weighted by Gasteiger charge is 2.49. The van der Waals surface area contributed by atoms with Crippen LogP contribution in [0.25, 0.3) is 0 Å². The summed E-state index contributed by atoms with van der Waals surface area (Å²) in [7, 11) is -1.60. The Kier molecular flexibility index (Phi) is 6.56. The van der Waals surface area contributed by atoms with Gasteiger partial charge in [-0.25, -0.2) is 0 Å². The lowest BCUT2D eigenvalue weighted by Gasteiger charge is -2.14. The molecule has 1 aliphatic rings. The van der Waals surface area contributed by atoms with Gasteiger partial charge in [-0.1, -0.05) is 71.4 Å². The molecule has 1 fully saturated rings. The van der Waals surface area contributed by atoms with Gasteiger partial charge in [0.25, 0.3) is 0 Å². The van der Waals surface area contributed by atoms with Gasteiger partial charge in [0, 0.05) is 12.2 Å². The van der Waals surface area contributed by atoms with E-state index in [-0.39, 0.29) is 6.04 Å². The van der Waals surface area contributed by atoms with E-state index in [0.717, 1.165) is 43.9 Å². The first-order chi connectivity index (χ1) is 14.3. The Balaban J connectivity index is 1.42. The molecule has 5 heteroatoms. The molecule has 0 bridgehead atoms. The van der Waals surface area contributed by atoms with Crippen LogP contribution in [0.3, 0.4) is 0 Å². The van der Waals surface area contributed by atoms with E-state index in [0.29, 0.717) is 0 Å². The van der Waals surface area contributed by atoms with Crippen LogP contribution in [0.1, 0.15) is 18.4 Å². The second-order valence-corrected chi connectivity index (χ2v) is 8.84. The van der Waals surface area contributed by atoms with Crippen molar-refractivity contribution in [3.8, 4) is 0 Å². The van der Waals surface area contributed by atoms with E-state index < -0.39 is 8.10 Å². The van der Waals surface area contributed by atoms with Crippen molar-refractivity contribution >= 4 is 19.5 Å². The lowest BCUT2D eigenvalue weighted by Crippen LogP contribution is -2.28. The number of hydrogen-bond donors (Lipinski definition) is 1. The molecule has 1 aliphatic heterocycles. The van der Waals surface area contributed by atoms with Crippen molar-refractivity contribution in [3.05, 3.63) is 96.6 Å². The third-order valence-corrected chi connectivity index (χ3v) is 7.00. The summed E-state index contributed by atoms with van der Waals surface area (Å²) in [6.07, 6.45) is 2.05. The van der Waals surface area contributed by atoms with Gasteiger partial charge in [0.05, 0.1) is 24.8 Å². The zero-order valence-corrected chi connectivity index (χ0v) is 17.4. The number of nitrogens with zero attached hydrogens (tertiary/aromatic N) is 2. The van der Waals surface area contributed by atoms with Crippen LogP contribution < -0.4 is 9.99 Å². The highest BCUT2D eigenvalue weighted by molar-refractivity contribution is 7.44. The van der Waals surface area contributed by atoms with Crippen LogP contribution in [0.2, 0.25) is 0 Å². The zero-order valence-electron chi connectivity index (χ0n) is 16.5. The van der Waals surface area contributed by atoms with E-state index in [1.54, 1.807) is 0 Å². The number of nitrogens with one attached hydrogen (secondary N) is 1. The van der Waals surface area contributed by atoms with Crippen LogP contribution in [0.5, 0.6) is 0 Å². The standard InChI is InChI=1S/C24H27N3OP/c28-29-26(19-21-11-4-1-5-12-21)24(20-27(29)23-15-8-3-9-16-23)17-10-18-25-22-13-6-2-7-14-22/h1-9,11-16,24-25H,10,17-20H2/q+1/t24-/m0/s1. The first-order valence-corrected chi connectivity index (χ1v) is 11.4. The molecule has 148 valence electrons. The van der Waals surface area contributed by atoms with E-state index in [1.165, 1.54) is 5.56 Å². The normalized spacial score (nSPS) is 18.1. The number of rotatable bonds is 8. The molecule has 0 amide bonds. The lowest BCUT2D eigenvalue weighted by atomic mass is 10.1. The summed E-state index contributed by atoms with van der Waals surface area (Å²) < 4.78 is 17.6. The van der Waals surface area contributed by atoms with Crippen LogP contribution in [0, 0.1) is 0 Å². The molecule has 0 aliphatic carbocycles. The summed E-state index contributed by atoms with van der Waals surface area (Å²) in [5.74, 6) is 0. The van der Waals surface area contributed by atoms with Crippen molar-refractivity contribution in [3.63, 3.8) is 0 Å². The molecule has 1 heterocycles. The Hall–Kier alpha value is -2.68. The van der Waals surface area contributed by atoms with Gasteiger partial charge >= 0.3 is 8.10 Å². The monoisotopic (exact) mass is 404 g/mol. The maximum absolute atomic E-state index is 13.4. The summed E-state index contributed by atoms with van der Waals surface area (Å²) in [6.45, 7) is 2.44. The van der Waals surface area contributed by atoms with Crippen molar-refractivity contribution < 1.29 is 4.57 Å². The third kappa shape index (κ3) is 5.03. The molecular formula is C24H27N3OP+. The quantitative estimate of drug-likeness (QED) is 0.373. The molecule has 1 N–H and O–H groups in total. The first kappa shape index (κ1) is 19.6. The van der Waals surface area contributed by atoms with Crippen LogP contribution in [-0.4, -0.2) is 23.8 Å². The number of para-hydroxylation sites is 2. The number of anilines is 2. The van der Waals surface area contributed by atoms with Crippen molar-refractivity contribution in [2.45, 2.75) is 25.4 Å². The molecule has 0 spiro atoms. The highest BCUT2D eigenvalue weighted by atomic mass is 31.1. The highest BCUT2D eigenvalue weighted by Crippen LogP contribution is 2.46. The van der Waals surface area contributed by atoms with Gasteiger partial charge in [-0.15, -0.1) is 4.67 Å². The summed E-state index contributed by atoms with van der Waals surface area (Å²) in [5.41, 5.74) is 3.40. The van der Waals surface area contributed by atoms with Gasteiger partial charge in [-0.3, -0.25) is 0 Å². The SMILES string of the molecule is O=[P+]1N(c2ccccc2)C[C@H](CCCNc2ccccc2)N1Cc1ccccc1. The molecule has 1 saturated heterocycles. The van der Waals surface area contributed by atoms with E-state index in [4.69, 9.17) is 0 Å². The fourth-order valence-electron chi connectivity index (χ4n) is 3.77. The van der Waals surface area contributed by atoms with Crippen molar-refractivity contribution in [1.82, 2.24) is 4.67 Å². The smallest absolute Gasteiger partial charge is 0.385 e. The van der Waals surface area contributed by atoms with Crippen molar-refractivity contribution in [2.24, 2.45) is 0 Å². The Morgan fingerprint density at radius 2 is 1.48 bits per heavy atom. The van der Waals surface area contributed by atoms with Crippen LogP contribution in [0.15, 0.2) is 91.0 Å². The molecule has 4 rings (SSSR count). The van der Waals surface area contributed by atoms with Crippen molar-refractivity contribution in [2.75, 3.05) is 23.1 Å².